The average molecular weight is 487 g/mol. The Hall–Kier alpha value is -3.89. The molecule has 0 amide bonds. The van der Waals surface area contributed by atoms with Gasteiger partial charge >= 0.3 is 0 Å². The molecule has 5 aromatic rings. The minimum Gasteiger partial charge on any atom is -0.369 e. The van der Waals surface area contributed by atoms with Crippen LogP contribution in [0.4, 0.5) is 5.69 Å². The van der Waals surface area contributed by atoms with Gasteiger partial charge in [0.15, 0.2) is 0 Å². The molecular formula is C33H34N4. The minimum absolute atomic E-state index is 0.920. The van der Waals surface area contributed by atoms with Crippen LogP contribution in [0.3, 0.4) is 0 Å². The zero-order valence-corrected chi connectivity index (χ0v) is 22.2. The third-order valence-electron chi connectivity index (χ3n) is 7.97. The maximum absolute atomic E-state index is 4.80. The third kappa shape index (κ3) is 4.42. The van der Waals surface area contributed by atoms with Crippen LogP contribution in [0.15, 0.2) is 79.1 Å². The first-order valence-electron chi connectivity index (χ1n) is 13.2. The number of pyridine rings is 1. The van der Waals surface area contributed by atoms with Crippen molar-refractivity contribution < 1.29 is 0 Å². The summed E-state index contributed by atoms with van der Waals surface area (Å²) in [6.45, 7) is 11.0. The van der Waals surface area contributed by atoms with Gasteiger partial charge in [-0.05, 0) is 91.0 Å². The highest BCUT2D eigenvalue weighted by Gasteiger charge is 2.17. The first kappa shape index (κ1) is 23.5. The molecule has 1 N–H and O–H groups in total. The van der Waals surface area contributed by atoms with E-state index in [9.17, 15) is 0 Å². The van der Waals surface area contributed by atoms with E-state index in [1.807, 2.05) is 6.20 Å². The van der Waals surface area contributed by atoms with E-state index < -0.39 is 0 Å². The fraction of sp³-hybridized carbons (Fsp3) is 0.242. The maximum Gasteiger partial charge on any atom is 0.137 e. The molecule has 3 aromatic carbocycles. The zero-order valence-electron chi connectivity index (χ0n) is 22.2. The molecule has 1 fully saturated rings. The number of hydrogen-bond acceptors (Lipinski definition) is 3. The number of likely N-dealkylation sites (N-methyl/N-ethyl adjacent to an activating group) is 1. The minimum atomic E-state index is 0.920. The number of rotatable bonds is 4. The summed E-state index contributed by atoms with van der Waals surface area (Å²) in [4.78, 5) is 13.1. The number of aromatic nitrogens is 2. The number of anilines is 1. The molecule has 0 atom stereocenters. The normalized spacial score (nSPS) is 14.4. The zero-order chi connectivity index (χ0) is 25.5. The lowest BCUT2D eigenvalue weighted by Gasteiger charge is -2.35. The Balaban J connectivity index is 1.38. The summed E-state index contributed by atoms with van der Waals surface area (Å²) in [5.41, 5.74) is 13.5. The van der Waals surface area contributed by atoms with E-state index in [4.69, 9.17) is 4.98 Å². The van der Waals surface area contributed by atoms with E-state index in [0.29, 0.717) is 0 Å². The van der Waals surface area contributed by atoms with E-state index >= 15 is 0 Å². The molecule has 0 bridgehead atoms. The first-order chi connectivity index (χ1) is 18.0. The van der Waals surface area contributed by atoms with Crippen molar-refractivity contribution in [1.29, 1.82) is 0 Å². The number of benzene rings is 3. The molecular weight excluding hydrogens is 452 g/mol. The Morgan fingerprint density at radius 2 is 1.46 bits per heavy atom. The van der Waals surface area contributed by atoms with Crippen molar-refractivity contribution >= 4 is 16.7 Å². The molecule has 6 rings (SSSR count). The molecule has 4 nitrogen and oxygen atoms in total. The van der Waals surface area contributed by atoms with Crippen molar-refractivity contribution in [2.75, 3.05) is 38.1 Å². The molecule has 0 spiro atoms. The Morgan fingerprint density at radius 1 is 0.703 bits per heavy atom. The van der Waals surface area contributed by atoms with Gasteiger partial charge in [-0.25, -0.2) is 4.98 Å². The van der Waals surface area contributed by atoms with Crippen LogP contribution >= 0.6 is 0 Å². The maximum atomic E-state index is 4.80. The van der Waals surface area contributed by atoms with Crippen LogP contribution in [0.1, 0.15) is 16.7 Å². The third-order valence-corrected chi connectivity index (χ3v) is 7.97. The highest BCUT2D eigenvalue weighted by atomic mass is 15.2. The van der Waals surface area contributed by atoms with Crippen molar-refractivity contribution in [3.05, 3.63) is 95.8 Å². The summed E-state index contributed by atoms with van der Waals surface area (Å²) in [5, 5.41) is 1.15. The van der Waals surface area contributed by atoms with Crippen molar-refractivity contribution in [1.82, 2.24) is 14.9 Å². The SMILES string of the molecule is Cc1cc(-c2cnc3[nH]cc(-c4cc(C)c(C)c(-c5ccccc5)c4)c3c2)ccc1N1CCN(C)CC1. The molecule has 1 saturated heterocycles. The molecule has 0 saturated carbocycles. The monoisotopic (exact) mass is 486 g/mol. The molecule has 0 aliphatic carbocycles. The Morgan fingerprint density at radius 3 is 2.22 bits per heavy atom. The lowest BCUT2D eigenvalue weighted by atomic mass is 9.91. The van der Waals surface area contributed by atoms with Crippen LogP contribution in [0.2, 0.25) is 0 Å². The van der Waals surface area contributed by atoms with Crippen molar-refractivity contribution in [3.8, 4) is 33.4 Å². The van der Waals surface area contributed by atoms with E-state index in [1.54, 1.807) is 0 Å². The molecule has 1 aliphatic rings. The molecule has 4 heteroatoms. The molecule has 3 heterocycles. The Kier molecular flexibility index (Phi) is 6.05. The lowest BCUT2D eigenvalue weighted by molar-refractivity contribution is 0.312. The van der Waals surface area contributed by atoms with E-state index in [2.05, 4.69) is 116 Å². The van der Waals surface area contributed by atoms with Gasteiger partial charge in [-0.1, -0.05) is 42.5 Å². The first-order valence-corrected chi connectivity index (χ1v) is 13.2. The summed E-state index contributed by atoms with van der Waals surface area (Å²) in [6.07, 6.45) is 4.09. The van der Waals surface area contributed by atoms with Gasteiger partial charge in [0.25, 0.3) is 0 Å². The van der Waals surface area contributed by atoms with Gasteiger partial charge < -0.3 is 14.8 Å². The van der Waals surface area contributed by atoms with Crippen molar-refractivity contribution in [3.63, 3.8) is 0 Å². The van der Waals surface area contributed by atoms with Gasteiger partial charge in [0.2, 0.25) is 0 Å². The summed E-state index contributed by atoms with van der Waals surface area (Å²) >= 11 is 0. The molecule has 37 heavy (non-hydrogen) atoms. The van der Waals surface area contributed by atoms with Crippen molar-refractivity contribution in [2.45, 2.75) is 20.8 Å². The van der Waals surface area contributed by atoms with E-state index in [-0.39, 0.29) is 0 Å². The molecule has 0 unspecified atom stereocenters. The Bertz CT molecular complexity index is 1570. The highest BCUT2D eigenvalue weighted by molar-refractivity contribution is 5.97. The van der Waals surface area contributed by atoms with Crippen LogP contribution in [0, 0.1) is 20.8 Å². The fourth-order valence-electron chi connectivity index (χ4n) is 5.57. The molecule has 1 aliphatic heterocycles. The van der Waals surface area contributed by atoms with Crippen molar-refractivity contribution in [2.24, 2.45) is 0 Å². The van der Waals surface area contributed by atoms with Gasteiger partial charge in [-0.15, -0.1) is 0 Å². The van der Waals surface area contributed by atoms with Crippen LogP contribution in [0.5, 0.6) is 0 Å². The number of fused-ring (bicyclic) bond motifs is 1. The van der Waals surface area contributed by atoms with Crippen LogP contribution < -0.4 is 4.90 Å². The number of aryl methyl sites for hydroxylation is 2. The molecule has 186 valence electrons. The largest absolute Gasteiger partial charge is 0.369 e. The predicted molar refractivity (Wildman–Crippen MR) is 156 cm³/mol. The predicted octanol–water partition coefficient (Wildman–Crippen LogP) is 7.24. The number of nitrogens with one attached hydrogen (secondary N) is 1. The van der Waals surface area contributed by atoms with Gasteiger partial charge in [-0.3, -0.25) is 0 Å². The molecule has 2 aromatic heterocycles. The summed E-state index contributed by atoms with van der Waals surface area (Å²) in [5.74, 6) is 0. The summed E-state index contributed by atoms with van der Waals surface area (Å²) in [7, 11) is 2.20. The van der Waals surface area contributed by atoms with Gasteiger partial charge in [0, 0.05) is 60.8 Å². The smallest absolute Gasteiger partial charge is 0.137 e. The van der Waals surface area contributed by atoms with E-state index in [0.717, 1.165) is 42.8 Å². The van der Waals surface area contributed by atoms with Gasteiger partial charge in [0.1, 0.15) is 5.65 Å². The number of nitrogens with zero attached hydrogens (tertiary/aromatic N) is 3. The number of aromatic amines is 1. The summed E-state index contributed by atoms with van der Waals surface area (Å²) < 4.78 is 0. The van der Waals surface area contributed by atoms with Gasteiger partial charge in [-0.2, -0.15) is 0 Å². The second kappa shape index (κ2) is 9.53. The quantitative estimate of drug-likeness (QED) is 0.291. The van der Waals surface area contributed by atoms with Crippen LogP contribution in [-0.2, 0) is 0 Å². The standard InChI is InChI=1S/C33H34N4/c1-22-16-27(18-29(24(22)3)25-8-6-5-7-9-25)31-21-35-33-30(31)19-28(20-34-33)26-10-11-32(23(2)17-26)37-14-12-36(4)13-15-37/h5-11,16-21H,12-15H2,1-4H3,(H,34,35). The number of hydrogen-bond donors (Lipinski definition) is 1. The number of H-pyrrole nitrogens is 1. The molecule has 0 radical (unpaired) electrons. The second-order valence-electron chi connectivity index (χ2n) is 10.4. The Labute approximate surface area is 219 Å². The lowest BCUT2D eigenvalue weighted by Crippen LogP contribution is -2.44. The second-order valence-corrected chi connectivity index (χ2v) is 10.4. The number of piperazine rings is 1. The average Bonchev–Trinajstić information content (AvgIpc) is 3.34. The topological polar surface area (TPSA) is 35.2 Å². The van der Waals surface area contributed by atoms with Crippen LogP contribution in [-0.4, -0.2) is 48.1 Å². The van der Waals surface area contributed by atoms with Crippen LogP contribution in [0.25, 0.3) is 44.4 Å². The summed E-state index contributed by atoms with van der Waals surface area (Å²) in [6, 6.07) is 24.4. The van der Waals surface area contributed by atoms with Gasteiger partial charge in [0.05, 0.1) is 0 Å². The fourth-order valence-corrected chi connectivity index (χ4v) is 5.57. The highest BCUT2D eigenvalue weighted by Crippen LogP contribution is 2.36. The van der Waals surface area contributed by atoms with E-state index in [1.165, 1.54) is 50.2 Å².